The first kappa shape index (κ1) is 17.8. The highest BCUT2D eigenvalue weighted by Gasteiger charge is 2.31. The Labute approximate surface area is 124 Å². The van der Waals surface area contributed by atoms with E-state index in [0.717, 1.165) is 18.5 Å². The predicted molar refractivity (Wildman–Crippen MR) is 78.4 cm³/mol. The van der Waals surface area contributed by atoms with E-state index in [0.29, 0.717) is 12.5 Å². The second-order valence-corrected chi connectivity index (χ2v) is 6.21. The van der Waals surface area contributed by atoms with Gasteiger partial charge in [-0.15, -0.1) is 13.2 Å². The molecule has 1 unspecified atom stereocenters. The van der Waals surface area contributed by atoms with Gasteiger partial charge in [-0.2, -0.15) is 0 Å². The Morgan fingerprint density at radius 3 is 2.38 bits per heavy atom. The van der Waals surface area contributed by atoms with E-state index < -0.39 is 6.36 Å². The average Bonchev–Trinajstić information content (AvgIpc) is 2.31. The highest BCUT2D eigenvalue weighted by molar-refractivity contribution is 5.28. The SMILES string of the molecule is CCNC(CCc1cccc(OC(F)(F)F)c1)C(C)(C)C. The molecule has 120 valence electrons. The first-order chi connectivity index (χ1) is 9.62. The summed E-state index contributed by atoms with van der Waals surface area (Å²) in [6.07, 6.45) is -3.06. The summed E-state index contributed by atoms with van der Waals surface area (Å²) in [4.78, 5) is 0. The number of benzene rings is 1. The number of hydrogen-bond acceptors (Lipinski definition) is 2. The molecular formula is C16H24F3NO. The van der Waals surface area contributed by atoms with Gasteiger partial charge in [0, 0.05) is 6.04 Å². The molecule has 2 nitrogen and oxygen atoms in total. The van der Waals surface area contributed by atoms with Gasteiger partial charge in [-0.3, -0.25) is 0 Å². The van der Waals surface area contributed by atoms with Crippen molar-refractivity contribution in [3.63, 3.8) is 0 Å². The quantitative estimate of drug-likeness (QED) is 0.833. The van der Waals surface area contributed by atoms with E-state index in [1.165, 1.54) is 12.1 Å². The van der Waals surface area contributed by atoms with E-state index in [1.807, 2.05) is 6.07 Å². The number of aryl methyl sites for hydroxylation is 1. The van der Waals surface area contributed by atoms with E-state index in [2.05, 4.69) is 37.7 Å². The summed E-state index contributed by atoms with van der Waals surface area (Å²) in [7, 11) is 0. The number of rotatable bonds is 6. The van der Waals surface area contributed by atoms with Gasteiger partial charge >= 0.3 is 6.36 Å². The van der Waals surface area contributed by atoms with Gasteiger partial charge in [0.1, 0.15) is 5.75 Å². The summed E-state index contributed by atoms with van der Waals surface area (Å²) >= 11 is 0. The van der Waals surface area contributed by atoms with Crippen molar-refractivity contribution in [3.8, 4) is 5.75 Å². The predicted octanol–water partition coefficient (Wildman–Crippen LogP) is 4.54. The Balaban J connectivity index is 2.68. The molecule has 21 heavy (non-hydrogen) atoms. The Kier molecular flexibility index (Phi) is 6.08. The first-order valence-electron chi connectivity index (χ1n) is 7.20. The standard InChI is InChI=1S/C16H24F3NO/c1-5-20-14(15(2,3)4)10-9-12-7-6-8-13(11-12)21-16(17,18)19/h6-8,11,14,20H,5,9-10H2,1-4H3. The van der Waals surface area contributed by atoms with Gasteiger partial charge in [-0.1, -0.05) is 39.8 Å². The van der Waals surface area contributed by atoms with Gasteiger partial charge in [-0.05, 0) is 42.5 Å². The van der Waals surface area contributed by atoms with E-state index >= 15 is 0 Å². The van der Waals surface area contributed by atoms with Gasteiger partial charge in [0.15, 0.2) is 0 Å². The number of halogens is 3. The van der Waals surface area contributed by atoms with Crippen LogP contribution in [0, 0.1) is 5.41 Å². The van der Waals surface area contributed by atoms with Gasteiger partial charge < -0.3 is 10.1 Å². The maximum absolute atomic E-state index is 12.2. The molecule has 1 aromatic carbocycles. The van der Waals surface area contributed by atoms with Crippen molar-refractivity contribution in [3.05, 3.63) is 29.8 Å². The first-order valence-corrected chi connectivity index (χ1v) is 7.20. The number of nitrogens with one attached hydrogen (secondary N) is 1. The van der Waals surface area contributed by atoms with E-state index in [4.69, 9.17) is 0 Å². The average molecular weight is 303 g/mol. The van der Waals surface area contributed by atoms with Crippen molar-refractivity contribution in [1.29, 1.82) is 0 Å². The lowest BCUT2D eigenvalue weighted by Crippen LogP contribution is -2.40. The monoisotopic (exact) mass is 303 g/mol. The molecule has 1 N–H and O–H groups in total. The summed E-state index contributed by atoms with van der Waals surface area (Å²) in [5.41, 5.74) is 0.958. The van der Waals surface area contributed by atoms with E-state index in [-0.39, 0.29) is 11.2 Å². The Morgan fingerprint density at radius 1 is 1.19 bits per heavy atom. The highest BCUT2D eigenvalue weighted by atomic mass is 19.4. The second-order valence-electron chi connectivity index (χ2n) is 6.21. The molecule has 1 atom stereocenters. The lowest BCUT2D eigenvalue weighted by molar-refractivity contribution is -0.274. The Morgan fingerprint density at radius 2 is 1.86 bits per heavy atom. The molecule has 0 saturated heterocycles. The normalized spacial score (nSPS) is 14.0. The van der Waals surface area contributed by atoms with Crippen molar-refractivity contribution < 1.29 is 17.9 Å². The van der Waals surface area contributed by atoms with Crippen LogP contribution in [-0.4, -0.2) is 18.9 Å². The summed E-state index contributed by atoms with van der Waals surface area (Å²) < 4.78 is 40.6. The van der Waals surface area contributed by atoms with Crippen molar-refractivity contribution in [2.24, 2.45) is 5.41 Å². The number of ether oxygens (including phenoxy) is 1. The van der Waals surface area contributed by atoms with Crippen LogP contribution in [0.1, 0.15) is 39.7 Å². The van der Waals surface area contributed by atoms with Gasteiger partial charge in [0.05, 0.1) is 0 Å². The zero-order chi connectivity index (χ0) is 16.1. The van der Waals surface area contributed by atoms with Crippen molar-refractivity contribution in [1.82, 2.24) is 5.32 Å². The topological polar surface area (TPSA) is 21.3 Å². The third-order valence-electron chi connectivity index (χ3n) is 3.35. The van der Waals surface area contributed by atoms with Gasteiger partial charge in [0.25, 0.3) is 0 Å². The molecule has 1 aromatic rings. The number of hydrogen-bond donors (Lipinski definition) is 1. The lowest BCUT2D eigenvalue weighted by atomic mass is 9.83. The van der Waals surface area contributed by atoms with Crippen LogP contribution < -0.4 is 10.1 Å². The third kappa shape index (κ3) is 6.85. The van der Waals surface area contributed by atoms with Crippen molar-refractivity contribution in [2.75, 3.05) is 6.54 Å². The third-order valence-corrected chi connectivity index (χ3v) is 3.35. The molecular weight excluding hydrogens is 279 g/mol. The Hall–Kier alpha value is -1.23. The van der Waals surface area contributed by atoms with Crippen LogP contribution in [-0.2, 0) is 6.42 Å². The van der Waals surface area contributed by atoms with Crippen molar-refractivity contribution in [2.45, 2.75) is 52.9 Å². The fourth-order valence-electron chi connectivity index (χ4n) is 2.30. The maximum atomic E-state index is 12.2. The van der Waals surface area contributed by atoms with Crippen LogP contribution in [0.15, 0.2) is 24.3 Å². The molecule has 5 heteroatoms. The molecule has 0 saturated carbocycles. The molecule has 0 amide bonds. The van der Waals surface area contributed by atoms with Crippen LogP contribution >= 0.6 is 0 Å². The molecule has 0 aliphatic carbocycles. The van der Waals surface area contributed by atoms with Gasteiger partial charge in [-0.25, -0.2) is 0 Å². The molecule has 1 rings (SSSR count). The van der Waals surface area contributed by atoms with Crippen molar-refractivity contribution >= 4 is 0 Å². The van der Waals surface area contributed by atoms with Crippen LogP contribution in [0.25, 0.3) is 0 Å². The van der Waals surface area contributed by atoms with Crippen LogP contribution in [0.4, 0.5) is 13.2 Å². The molecule has 0 aliphatic rings. The molecule has 0 radical (unpaired) electrons. The highest BCUT2D eigenvalue weighted by Crippen LogP contribution is 2.26. The molecule has 0 aromatic heterocycles. The molecule has 0 bridgehead atoms. The van der Waals surface area contributed by atoms with Crippen LogP contribution in [0.3, 0.4) is 0 Å². The number of alkyl halides is 3. The maximum Gasteiger partial charge on any atom is 0.573 e. The minimum atomic E-state index is -4.64. The molecule has 0 fully saturated rings. The van der Waals surface area contributed by atoms with Gasteiger partial charge in [0.2, 0.25) is 0 Å². The van der Waals surface area contributed by atoms with E-state index in [1.54, 1.807) is 6.07 Å². The lowest BCUT2D eigenvalue weighted by Gasteiger charge is -2.31. The summed E-state index contributed by atoms with van der Waals surface area (Å²) in [5.74, 6) is -0.157. The summed E-state index contributed by atoms with van der Waals surface area (Å²) in [5, 5.41) is 3.43. The minimum Gasteiger partial charge on any atom is -0.406 e. The Bertz CT molecular complexity index is 438. The minimum absolute atomic E-state index is 0.107. The summed E-state index contributed by atoms with van der Waals surface area (Å²) in [6, 6.07) is 6.52. The smallest absolute Gasteiger partial charge is 0.406 e. The summed E-state index contributed by atoms with van der Waals surface area (Å²) in [6.45, 7) is 9.40. The second kappa shape index (κ2) is 7.16. The largest absolute Gasteiger partial charge is 0.573 e. The van der Waals surface area contributed by atoms with Crippen LogP contribution in [0.5, 0.6) is 5.75 Å². The zero-order valence-electron chi connectivity index (χ0n) is 13.1. The zero-order valence-corrected chi connectivity index (χ0v) is 13.1. The molecule has 0 spiro atoms. The molecule has 0 aliphatic heterocycles. The fraction of sp³-hybridized carbons (Fsp3) is 0.625. The van der Waals surface area contributed by atoms with E-state index in [9.17, 15) is 13.2 Å². The van der Waals surface area contributed by atoms with Crippen LogP contribution in [0.2, 0.25) is 0 Å². The fourth-order valence-corrected chi connectivity index (χ4v) is 2.30. The molecule has 0 heterocycles.